The van der Waals surface area contributed by atoms with Crippen molar-refractivity contribution in [3.8, 4) is 5.75 Å². The topological polar surface area (TPSA) is 9.23 Å². The Balaban J connectivity index is 2.36. The molecule has 0 amide bonds. The second-order valence-electron chi connectivity index (χ2n) is 5.65. The predicted octanol–water partition coefficient (Wildman–Crippen LogP) is 4.71. The molecule has 98 valence electrons. The van der Waals surface area contributed by atoms with E-state index in [1.165, 1.54) is 24.0 Å². The molecule has 2 rings (SSSR count). The van der Waals surface area contributed by atoms with E-state index in [4.69, 9.17) is 4.74 Å². The van der Waals surface area contributed by atoms with Crippen LogP contribution in [-0.4, -0.2) is 6.61 Å². The number of aryl methyl sites for hydroxylation is 1. The van der Waals surface area contributed by atoms with E-state index < -0.39 is 0 Å². The summed E-state index contributed by atoms with van der Waals surface area (Å²) < 4.78 is 5.91. The van der Waals surface area contributed by atoms with Crippen LogP contribution >= 0.6 is 0 Å². The zero-order valence-electron chi connectivity index (χ0n) is 11.8. The van der Waals surface area contributed by atoms with E-state index in [1.54, 1.807) is 0 Å². The van der Waals surface area contributed by atoms with Gasteiger partial charge in [0, 0.05) is 0 Å². The number of hydrogen-bond acceptors (Lipinski definition) is 1. The van der Waals surface area contributed by atoms with Gasteiger partial charge in [-0.1, -0.05) is 44.7 Å². The van der Waals surface area contributed by atoms with Crippen molar-refractivity contribution in [2.45, 2.75) is 39.5 Å². The lowest BCUT2D eigenvalue weighted by molar-refractivity contribution is 0.344. The monoisotopic (exact) mass is 244 g/mol. The summed E-state index contributed by atoms with van der Waals surface area (Å²) in [5.41, 5.74) is 2.63. The molecule has 1 aromatic carbocycles. The third kappa shape index (κ3) is 2.45. The Labute approximate surface area is 111 Å². The van der Waals surface area contributed by atoms with Crippen molar-refractivity contribution in [3.05, 3.63) is 42.0 Å². The molecule has 1 nitrogen and oxygen atoms in total. The quantitative estimate of drug-likeness (QED) is 0.697. The van der Waals surface area contributed by atoms with Gasteiger partial charge in [-0.3, -0.25) is 0 Å². The summed E-state index contributed by atoms with van der Waals surface area (Å²) in [6.07, 6.45) is 4.49. The maximum atomic E-state index is 5.91. The average molecular weight is 244 g/mol. The van der Waals surface area contributed by atoms with Crippen molar-refractivity contribution in [2.75, 3.05) is 6.61 Å². The molecule has 0 radical (unpaired) electrons. The zero-order valence-corrected chi connectivity index (χ0v) is 11.8. The maximum Gasteiger partial charge on any atom is 0.126 e. The lowest BCUT2D eigenvalue weighted by Crippen LogP contribution is -2.11. The molecule has 1 heteroatoms. The molecule has 0 bridgehead atoms. The Bertz CT molecular complexity index is 412. The zero-order chi connectivity index (χ0) is 13.1. The van der Waals surface area contributed by atoms with Gasteiger partial charge in [0.15, 0.2) is 0 Å². The van der Waals surface area contributed by atoms with E-state index >= 15 is 0 Å². The molecule has 0 heterocycles. The normalized spacial score (nSPS) is 27.2. The van der Waals surface area contributed by atoms with Crippen molar-refractivity contribution in [1.29, 1.82) is 0 Å². The molecule has 1 saturated carbocycles. The molecule has 2 atom stereocenters. The molecule has 18 heavy (non-hydrogen) atoms. The molecule has 1 aromatic rings. The number of benzene rings is 1. The second-order valence-corrected chi connectivity index (χ2v) is 5.65. The molecule has 0 spiro atoms. The lowest BCUT2D eigenvalue weighted by atomic mass is 9.83. The van der Waals surface area contributed by atoms with Gasteiger partial charge in [0.2, 0.25) is 0 Å². The van der Waals surface area contributed by atoms with Gasteiger partial charge in [0.25, 0.3) is 0 Å². The van der Waals surface area contributed by atoms with Gasteiger partial charge in [-0.25, -0.2) is 0 Å². The van der Waals surface area contributed by atoms with E-state index in [9.17, 15) is 0 Å². The van der Waals surface area contributed by atoms with E-state index in [0.717, 1.165) is 17.6 Å². The summed E-state index contributed by atoms with van der Waals surface area (Å²) in [6, 6.07) is 6.53. The fourth-order valence-corrected chi connectivity index (χ4v) is 3.34. The summed E-state index contributed by atoms with van der Waals surface area (Å²) in [4.78, 5) is 0. The van der Waals surface area contributed by atoms with Crippen LogP contribution in [0.1, 0.15) is 43.7 Å². The molecule has 0 aromatic heterocycles. The third-order valence-electron chi connectivity index (χ3n) is 4.25. The minimum atomic E-state index is 0.591. The molecule has 1 aliphatic rings. The summed E-state index contributed by atoms with van der Waals surface area (Å²) in [5.74, 6) is 3.24. The van der Waals surface area contributed by atoms with E-state index in [0.29, 0.717) is 12.5 Å². The fraction of sp³-hybridized carbons (Fsp3) is 0.529. The van der Waals surface area contributed by atoms with Gasteiger partial charge in [0.05, 0.1) is 0 Å². The Morgan fingerprint density at radius 3 is 2.56 bits per heavy atom. The molecule has 0 N–H and O–H groups in total. The molecule has 0 aliphatic heterocycles. The first-order valence-electron chi connectivity index (χ1n) is 6.98. The number of ether oxygens (including phenoxy) is 1. The van der Waals surface area contributed by atoms with Gasteiger partial charge in [-0.2, -0.15) is 0 Å². The van der Waals surface area contributed by atoms with Crippen molar-refractivity contribution in [3.63, 3.8) is 0 Å². The molecular formula is C17H24O. The molecular weight excluding hydrogens is 220 g/mol. The van der Waals surface area contributed by atoms with Gasteiger partial charge in [0.1, 0.15) is 12.4 Å². The van der Waals surface area contributed by atoms with Crippen LogP contribution in [0.15, 0.2) is 30.9 Å². The number of para-hydroxylation sites is 1. The average Bonchev–Trinajstić information content (AvgIpc) is 2.67. The minimum absolute atomic E-state index is 0.591. The van der Waals surface area contributed by atoms with E-state index in [-0.39, 0.29) is 0 Å². The molecule has 1 aliphatic carbocycles. The van der Waals surface area contributed by atoms with Crippen LogP contribution in [0.2, 0.25) is 0 Å². The highest BCUT2D eigenvalue weighted by Crippen LogP contribution is 2.47. The van der Waals surface area contributed by atoms with Crippen LogP contribution < -0.4 is 4.74 Å². The fourth-order valence-electron chi connectivity index (χ4n) is 3.34. The van der Waals surface area contributed by atoms with Gasteiger partial charge < -0.3 is 4.74 Å². The van der Waals surface area contributed by atoms with Crippen LogP contribution in [0, 0.1) is 18.8 Å². The Morgan fingerprint density at radius 2 is 1.94 bits per heavy atom. The van der Waals surface area contributed by atoms with Gasteiger partial charge >= 0.3 is 0 Å². The van der Waals surface area contributed by atoms with Crippen LogP contribution in [0.4, 0.5) is 0 Å². The summed E-state index contributed by atoms with van der Waals surface area (Å²) in [5, 5.41) is 0. The lowest BCUT2D eigenvalue weighted by Gasteiger charge is -2.24. The van der Waals surface area contributed by atoms with Gasteiger partial charge in [-0.15, -0.1) is 0 Å². The SMILES string of the molecule is C=CCOc1c(C)cccc1C1C(C)CCC1C. The summed E-state index contributed by atoms with van der Waals surface area (Å²) >= 11 is 0. The van der Waals surface area contributed by atoms with Crippen LogP contribution in [0.5, 0.6) is 5.75 Å². The summed E-state index contributed by atoms with van der Waals surface area (Å²) in [7, 11) is 0. The van der Waals surface area contributed by atoms with Crippen LogP contribution in [0.3, 0.4) is 0 Å². The Morgan fingerprint density at radius 1 is 1.28 bits per heavy atom. The Hall–Kier alpha value is -1.24. The summed E-state index contributed by atoms with van der Waals surface area (Å²) in [6.45, 7) is 11.2. The van der Waals surface area contributed by atoms with E-state index in [2.05, 4.69) is 45.5 Å². The minimum Gasteiger partial charge on any atom is -0.489 e. The smallest absolute Gasteiger partial charge is 0.126 e. The largest absolute Gasteiger partial charge is 0.489 e. The van der Waals surface area contributed by atoms with E-state index in [1.807, 2.05) is 6.08 Å². The predicted molar refractivity (Wildman–Crippen MR) is 77.2 cm³/mol. The molecule has 0 saturated heterocycles. The second kappa shape index (κ2) is 5.60. The third-order valence-corrected chi connectivity index (χ3v) is 4.25. The van der Waals surface area contributed by atoms with Gasteiger partial charge in [-0.05, 0) is 48.6 Å². The van der Waals surface area contributed by atoms with Crippen LogP contribution in [-0.2, 0) is 0 Å². The maximum absolute atomic E-state index is 5.91. The van der Waals surface area contributed by atoms with Crippen molar-refractivity contribution >= 4 is 0 Å². The standard InChI is InChI=1S/C17H24O/c1-5-11-18-17-14(4)7-6-8-15(17)16-12(2)9-10-13(16)3/h5-8,12-13,16H,1,9-11H2,2-4H3. The number of hydrogen-bond donors (Lipinski definition) is 0. The first-order valence-corrected chi connectivity index (χ1v) is 6.98. The van der Waals surface area contributed by atoms with Crippen LogP contribution in [0.25, 0.3) is 0 Å². The highest BCUT2D eigenvalue weighted by molar-refractivity contribution is 5.44. The highest BCUT2D eigenvalue weighted by atomic mass is 16.5. The molecule has 2 unspecified atom stereocenters. The number of rotatable bonds is 4. The van der Waals surface area contributed by atoms with Crippen molar-refractivity contribution < 1.29 is 4.74 Å². The first-order chi connectivity index (χ1) is 8.65. The first kappa shape index (κ1) is 13.2. The highest BCUT2D eigenvalue weighted by Gasteiger charge is 2.33. The Kier molecular flexibility index (Phi) is 4.11. The van der Waals surface area contributed by atoms with Crippen molar-refractivity contribution in [1.82, 2.24) is 0 Å². The van der Waals surface area contributed by atoms with Crippen molar-refractivity contribution in [2.24, 2.45) is 11.8 Å². The molecule has 1 fully saturated rings.